The Morgan fingerprint density at radius 1 is 0.680 bits per heavy atom. The highest BCUT2D eigenvalue weighted by Gasteiger charge is 2.08. The first-order valence-electron chi connectivity index (χ1n) is 8.63. The van der Waals surface area contributed by atoms with Crippen LogP contribution in [0.25, 0.3) is 33.3 Å². The van der Waals surface area contributed by atoms with Crippen LogP contribution in [-0.4, -0.2) is 9.97 Å². The molecule has 1 aromatic heterocycles. The molecule has 0 unspecified atom stereocenters. The minimum Gasteiger partial charge on any atom is -0.236 e. The van der Waals surface area contributed by atoms with E-state index in [0.717, 1.165) is 22.2 Å². The standard InChI is InChI=1S/C23H20N2/c1-16(2)17-8-10-19(11-9-17)23-21-13-12-20(14-22(21)24-15-25-23)18-6-4-3-5-7-18/h3-16H,1-2H3. The van der Waals surface area contributed by atoms with E-state index in [2.05, 4.69) is 90.5 Å². The zero-order chi connectivity index (χ0) is 17.2. The van der Waals surface area contributed by atoms with Crippen molar-refractivity contribution in [1.29, 1.82) is 0 Å². The fourth-order valence-electron chi connectivity index (χ4n) is 3.12. The lowest BCUT2D eigenvalue weighted by Crippen LogP contribution is -1.91. The Bertz CT molecular complexity index is 1000. The average molecular weight is 324 g/mol. The predicted octanol–water partition coefficient (Wildman–Crippen LogP) is 6.09. The van der Waals surface area contributed by atoms with Gasteiger partial charge in [0.15, 0.2) is 0 Å². The van der Waals surface area contributed by atoms with Gasteiger partial charge in [-0.05, 0) is 34.7 Å². The fraction of sp³-hybridized carbons (Fsp3) is 0.130. The Labute approximate surface area is 148 Å². The molecule has 122 valence electrons. The van der Waals surface area contributed by atoms with E-state index in [4.69, 9.17) is 0 Å². The lowest BCUT2D eigenvalue weighted by Gasteiger charge is -2.09. The fourth-order valence-corrected chi connectivity index (χ4v) is 3.12. The SMILES string of the molecule is CC(C)c1ccc(-c2ncnc3cc(-c4ccccc4)ccc23)cc1. The van der Waals surface area contributed by atoms with Crippen LogP contribution in [0, 0.1) is 0 Å². The first-order valence-corrected chi connectivity index (χ1v) is 8.63. The second kappa shape index (κ2) is 6.48. The normalized spacial score (nSPS) is 11.2. The van der Waals surface area contributed by atoms with Gasteiger partial charge in [-0.25, -0.2) is 9.97 Å². The quantitative estimate of drug-likeness (QED) is 0.456. The first kappa shape index (κ1) is 15.5. The lowest BCUT2D eigenvalue weighted by atomic mass is 9.98. The summed E-state index contributed by atoms with van der Waals surface area (Å²) in [6.07, 6.45) is 1.66. The summed E-state index contributed by atoms with van der Waals surface area (Å²) in [6.45, 7) is 4.42. The smallest absolute Gasteiger partial charge is 0.116 e. The third-order valence-electron chi connectivity index (χ3n) is 4.59. The molecule has 0 fully saturated rings. The molecule has 0 N–H and O–H groups in total. The van der Waals surface area contributed by atoms with Gasteiger partial charge < -0.3 is 0 Å². The number of rotatable bonds is 3. The summed E-state index contributed by atoms with van der Waals surface area (Å²) < 4.78 is 0. The zero-order valence-corrected chi connectivity index (χ0v) is 14.5. The molecule has 0 atom stereocenters. The number of benzene rings is 3. The molecule has 0 aliphatic rings. The molecule has 4 aromatic rings. The van der Waals surface area contributed by atoms with Gasteiger partial charge >= 0.3 is 0 Å². The monoisotopic (exact) mass is 324 g/mol. The van der Waals surface area contributed by atoms with E-state index >= 15 is 0 Å². The Morgan fingerprint density at radius 2 is 1.40 bits per heavy atom. The van der Waals surface area contributed by atoms with Crippen LogP contribution in [0.2, 0.25) is 0 Å². The maximum atomic E-state index is 4.54. The second-order valence-corrected chi connectivity index (χ2v) is 6.60. The van der Waals surface area contributed by atoms with Crippen molar-refractivity contribution in [2.24, 2.45) is 0 Å². The molecular weight excluding hydrogens is 304 g/mol. The molecule has 0 aliphatic carbocycles. The third kappa shape index (κ3) is 3.03. The van der Waals surface area contributed by atoms with Gasteiger partial charge in [0.05, 0.1) is 11.2 Å². The Balaban J connectivity index is 1.80. The molecule has 2 heteroatoms. The van der Waals surface area contributed by atoms with Crippen LogP contribution >= 0.6 is 0 Å². The van der Waals surface area contributed by atoms with Crippen LogP contribution < -0.4 is 0 Å². The maximum Gasteiger partial charge on any atom is 0.116 e. The van der Waals surface area contributed by atoms with E-state index in [0.29, 0.717) is 5.92 Å². The van der Waals surface area contributed by atoms with Crippen molar-refractivity contribution in [3.63, 3.8) is 0 Å². The summed E-state index contributed by atoms with van der Waals surface area (Å²) >= 11 is 0. The zero-order valence-electron chi connectivity index (χ0n) is 14.5. The first-order chi connectivity index (χ1) is 12.2. The summed E-state index contributed by atoms with van der Waals surface area (Å²) in [6, 6.07) is 25.5. The Kier molecular flexibility index (Phi) is 4.02. The van der Waals surface area contributed by atoms with E-state index in [1.54, 1.807) is 6.33 Å². The van der Waals surface area contributed by atoms with Gasteiger partial charge in [-0.2, -0.15) is 0 Å². The van der Waals surface area contributed by atoms with Crippen molar-refractivity contribution >= 4 is 10.9 Å². The summed E-state index contributed by atoms with van der Waals surface area (Å²) in [5, 5.41) is 1.08. The average Bonchev–Trinajstić information content (AvgIpc) is 2.68. The van der Waals surface area contributed by atoms with Crippen LogP contribution in [0.15, 0.2) is 79.1 Å². The Hall–Kier alpha value is -3.00. The molecule has 2 nitrogen and oxygen atoms in total. The van der Waals surface area contributed by atoms with Crippen molar-refractivity contribution in [1.82, 2.24) is 9.97 Å². The summed E-state index contributed by atoms with van der Waals surface area (Å²) in [7, 11) is 0. The van der Waals surface area contributed by atoms with Crippen LogP contribution in [0.3, 0.4) is 0 Å². The van der Waals surface area contributed by atoms with E-state index in [9.17, 15) is 0 Å². The minimum atomic E-state index is 0.532. The molecule has 0 bridgehead atoms. The molecule has 0 saturated carbocycles. The number of hydrogen-bond acceptors (Lipinski definition) is 2. The Morgan fingerprint density at radius 3 is 2.12 bits per heavy atom. The third-order valence-corrected chi connectivity index (χ3v) is 4.59. The molecule has 1 heterocycles. The summed E-state index contributed by atoms with van der Waals surface area (Å²) in [5.41, 5.74) is 6.80. The molecule has 0 amide bonds. The molecule has 3 aromatic carbocycles. The maximum absolute atomic E-state index is 4.54. The van der Waals surface area contributed by atoms with Crippen LogP contribution in [0.5, 0.6) is 0 Å². The van der Waals surface area contributed by atoms with Crippen molar-refractivity contribution in [2.75, 3.05) is 0 Å². The van der Waals surface area contributed by atoms with E-state index in [1.807, 2.05) is 6.07 Å². The topological polar surface area (TPSA) is 25.8 Å². The van der Waals surface area contributed by atoms with Crippen LogP contribution in [0.4, 0.5) is 0 Å². The molecule has 25 heavy (non-hydrogen) atoms. The predicted molar refractivity (Wildman–Crippen MR) is 104 cm³/mol. The van der Waals surface area contributed by atoms with Crippen LogP contribution in [0.1, 0.15) is 25.3 Å². The van der Waals surface area contributed by atoms with Gasteiger partial charge in [-0.15, -0.1) is 0 Å². The minimum absolute atomic E-state index is 0.532. The van der Waals surface area contributed by atoms with Crippen molar-refractivity contribution in [3.05, 3.63) is 84.7 Å². The summed E-state index contributed by atoms with van der Waals surface area (Å²) in [5.74, 6) is 0.532. The number of aromatic nitrogens is 2. The highest BCUT2D eigenvalue weighted by molar-refractivity contribution is 5.94. The summed E-state index contributed by atoms with van der Waals surface area (Å²) in [4.78, 5) is 9.03. The van der Waals surface area contributed by atoms with Gasteiger partial charge in [-0.3, -0.25) is 0 Å². The van der Waals surface area contributed by atoms with E-state index < -0.39 is 0 Å². The molecule has 0 aliphatic heterocycles. The molecule has 0 spiro atoms. The highest BCUT2D eigenvalue weighted by Crippen LogP contribution is 2.29. The molecule has 4 rings (SSSR count). The van der Waals surface area contributed by atoms with Gasteiger partial charge in [-0.1, -0.05) is 74.5 Å². The van der Waals surface area contributed by atoms with Crippen LogP contribution in [-0.2, 0) is 0 Å². The van der Waals surface area contributed by atoms with Gasteiger partial charge in [0.2, 0.25) is 0 Å². The van der Waals surface area contributed by atoms with Gasteiger partial charge in [0, 0.05) is 10.9 Å². The largest absolute Gasteiger partial charge is 0.236 e. The highest BCUT2D eigenvalue weighted by atomic mass is 14.8. The number of nitrogens with zero attached hydrogens (tertiary/aromatic N) is 2. The van der Waals surface area contributed by atoms with Gasteiger partial charge in [0.1, 0.15) is 6.33 Å². The van der Waals surface area contributed by atoms with Crippen molar-refractivity contribution < 1.29 is 0 Å². The molecule has 0 radical (unpaired) electrons. The number of fused-ring (bicyclic) bond motifs is 1. The molecular formula is C23H20N2. The van der Waals surface area contributed by atoms with Crippen molar-refractivity contribution in [2.45, 2.75) is 19.8 Å². The second-order valence-electron chi connectivity index (χ2n) is 6.60. The van der Waals surface area contributed by atoms with E-state index in [-0.39, 0.29) is 0 Å². The van der Waals surface area contributed by atoms with Crippen molar-refractivity contribution in [3.8, 4) is 22.4 Å². The van der Waals surface area contributed by atoms with E-state index in [1.165, 1.54) is 16.7 Å². The lowest BCUT2D eigenvalue weighted by molar-refractivity contribution is 0.867. The van der Waals surface area contributed by atoms with Gasteiger partial charge in [0.25, 0.3) is 0 Å². The molecule has 0 saturated heterocycles. The number of hydrogen-bond donors (Lipinski definition) is 0.